The van der Waals surface area contributed by atoms with Crippen molar-refractivity contribution in [2.75, 3.05) is 26.2 Å². The van der Waals surface area contributed by atoms with Gasteiger partial charge in [-0.25, -0.2) is 0 Å². The molecule has 0 spiro atoms. The summed E-state index contributed by atoms with van der Waals surface area (Å²) < 4.78 is 0. The van der Waals surface area contributed by atoms with Gasteiger partial charge in [-0.2, -0.15) is 0 Å². The molecule has 0 aliphatic rings. The normalized spacial score (nSPS) is 13.2. The Balaban J connectivity index is 4.23. The van der Waals surface area contributed by atoms with Crippen molar-refractivity contribution in [3.8, 4) is 0 Å². The van der Waals surface area contributed by atoms with Gasteiger partial charge in [0.25, 0.3) is 0 Å². The van der Waals surface area contributed by atoms with Crippen LogP contribution < -0.4 is 5.73 Å². The fourth-order valence-corrected chi connectivity index (χ4v) is 1.91. The van der Waals surface area contributed by atoms with Crippen molar-refractivity contribution in [3.05, 3.63) is 0 Å². The molecule has 0 aromatic rings. The molecular formula is C13H30N2. The average Bonchev–Trinajstić information content (AvgIpc) is 2.00. The van der Waals surface area contributed by atoms with E-state index >= 15 is 0 Å². The first-order chi connectivity index (χ1) is 6.76. The van der Waals surface area contributed by atoms with Crippen LogP contribution in [0.5, 0.6) is 0 Å². The monoisotopic (exact) mass is 214 g/mol. The summed E-state index contributed by atoms with van der Waals surface area (Å²) in [6.07, 6.45) is 0. The van der Waals surface area contributed by atoms with Gasteiger partial charge < -0.3 is 10.6 Å². The van der Waals surface area contributed by atoms with Gasteiger partial charge in [0.1, 0.15) is 0 Å². The smallest absolute Gasteiger partial charge is 0.00450 e. The highest BCUT2D eigenvalue weighted by molar-refractivity contribution is 4.76. The Bertz CT molecular complexity index is 152. The first-order valence-electron chi connectivity index (χ1n) is 6.19. The lowest BCUT2D eigenvalue weighted by Gasteiger charge is -2.33. The van der Waals surface area contributed by atoms with Gasteiger partial charge in [0.05, 0.1) is 0 Å². The molecule has 0 bridgehead atoms. The maximum Gasteiger partial charge on any atom is 0.00450 e. The van der Waals surface area contributed by atoms with Crippen LogP contribution in [0.4, 0.5) is 0 Å². The third kappa shape index (κ3) is 7.80. The predicted molar refractivity (Wildman–Crippen MR) is 69.0 cm³/mol. The van der Waals surface area contributed by atoms with Crippen LogP contribution in [0.1, 0.15) is 41.5 Å². The Labute approximate surface area is 96.2 Å². The molecule has 0 unspecified atom stereocenters. The highest BCUT2D eigenvalue weighted by Gasteiger charge is 2.21. The molecule has 0 saturated carbocycles. The fourth-order valence-electron chi connectivity index (χ4n) is 1.91. The molecule has 2 N–H and O–H groups in total. The van der Waals surface area contributed by atoms with Gasteiger partial charge in [-0.3, -0.25) is 0 Å². The maximum atomic E-state index is 5.79. The number of rotatable bonds is 7. The van der Waals surface area contributed by atoms with Crippen LogP contribution in [0.15, 0.2) is 0 Å². The summed E-state index contributed by atoms with van der Waals surface area (Å²) in [5.41, 5.74) is 6.03. The molecule has 0 saturated heterocycles. The van der Waals surface area contributed by atoms with Crippen molar-refractivity contribution in [1.82, 2.24) is 4.90 Å². The van der Waals surface area contributed by atoms with E-state index in [1.807, 2.05) is 0 Å². The van der Waals surface area contributed by atoms with Crippen molar-refractivity contribution in [1.29, 1.82) is 0 Å². The third-order valence-corrected chi connectivity index (χ3v) is 2.45. The molecular weight excluding hydrogens is 184 g/mol. The molecule has 0 aliphatic carbocycles. The second-order valence-corrected chi connectivity index (χ2v) is 6.35. The van der Waals surface area contributed by atoms with Gasteiger partial charge in [0.2, 0.25) is 0 Å². The second-order valence-electron chi connectivity index (χ2n) is 6.35. The van der Waals surface area contributed by atoms with Gasteiger partial charge in [0.15, 0.2) is 0 Å². The van der Waals surface area contributed by atoms with E-state index in [1.165, 1.54) is 13.1 Å². The molecule has 2 heteroatoms. The van der Waals surface area contributed by atoms with E-state index in [2.05, 4.69) is 46.4 Å². The van der Waals surface area contributed by atoms with Gasteiger partial charge in [-0.1, -0.05) is 41.5 Å². The molecule has 2 nitrogen and oxygen atoms in total. The van der Waals surface area contributed by atoms with E-state index in [4.69, 9.17) is 5.73 Å². The van der Waals surface area contributed by atoms with Crippen LogP contribution in [-0.4, -0.2) is 31.1 Å². The largest absolute Gasteiger partial charge is 0.330 e. The molecule has 92 valence electrons. The molecule has 0 heterocycles. The number of hydrogen-bond donors (Lipinski definition) is 1. The van der Waals surface area contributed by atoms with E-state index in [9.17, 15) is 0 Å². The van der Waals surface area contributed by atoms with Crippen molar-refractivity contribution in [3.63, 3.8) is 0 Å². The Morgan fingerprint density at radius 2 is 1.40 bits per heavy atom. The molecule has 0 aliphatic heterocycles. The zero-order chi connectivity index (χ0) is 12.1. The summed E-state index contributed by atoms with van der Waals surface area (Å²) in [5.74, 6) is 1.47. The minimum absolute atomic E-state index is 0.240. The lowest BCUT2D eigenvalue weighted by atomic mass is 9.92. The number of hydrogen-bond acceptors (Lipinski definition) is 2. The SMILES string of the molecule is CC(C)CN(CC(C)C)CC(C)(C)CN. The summed E-state index contributed by atoms with van der Waals surface area (Å²) in [6.45, 7) is 17.9. The Hall–Kier alpha value is -0.0800. The molecule has 0 amide bonds. The number of nitrogens with two attached hydrogens (primary N) is 1. The minimum atomic E-state index is 0.240. The molecule has 0 aromatic heterocycles. The minimum Gasteiger partial charge on any atom is -0.330 e. The Morgan fingerprint density at radius 3 is 1.67 bits per heavy atom. The molecule has 15 heavy (non-hydrogen) atoms. The lowest BCUT2D eigenvalue weighted by Crippen LogP contribution is -2.41. The zero-order valence-electron chi connectivity index (χ0n) is 11.5. The molecule has 0 fully saturated rings. The standard InChI is InChI=1S/C13H30N2/c1-11(2)7-15(8-12(3)4)10-13(5,6)9-14/h11-12H,7-10,14H2,1-6H3. The quantitative estimate of drug-likeness (QED) is 0.706. The highest BCUT2D eigenvalue weighted by atomic mass is 15.1. The number of nitrogens with zero attached hydrogens (tertiary/aromatic N) is 1. The van der Waals surface area contributed by atoms with Crippen LogP contribution in [-0.2, 0) is 0 Å². The fraction of sp³-hybridized carbons (Fsp3) is 1.00. The topological polar surface area (TPSA) is 29.3 Å². The van der Waals surface area contributed by atoms with Crippen LogP contribution >= 0.6 is 0 Å². The average molecular weight is 214 g/mol. The zero-order valence-corrected chi connectivity index (χ0v) is 11.5. The summed E-state index contributed by atoms with van der Waals surface area (Å²) in [4.78, 5) is 2.56. The van der Waals surface area contributed by atoms with Crippen molar-refractivity contribution in [2.45, 2.75) is 41.5 Å². The Kier molecular flexibility index (Phi) is 6.46. The van der Waals surface area contributed by atoms with Crippen LogP contribution in [0.25, 0.3) is 0 Å². The first-order valence-corrected chi connectivity index (χ1v) is 6.19. The summed E-state index contributed by atoms with van der Waals surface area (Å²) in [5, 5.41) is 0. The summed E-state index contributed by atoms with van der Waals surface area (Å²) in [7, 11) is 0. The van der Waals surface area contributed by atoms with Crippen LogP contribution in [0, 0.1) is 17.3 Å². The second kappa shape index (κ2) is 6.49. The summed E-state index contributed by atoms with van der Waals surface area (Å²) >= 11 is 0. The van der Waals surface area contributed by atoms with Gasteiger partial charge in [-0.05, 0) is 23.8 Å². The van der Waals surface area contributed by atoms with E-state index in [0.717, 1.165) is 24.9 Å². The van der Waals surface area contributed by atoms with Crippen molar-refractivity contribution < 1.29 is 0 Å². The van der Waals surface area contributed by atoms with Gasteiger partial charge in [-0.15, -0.1) is 0 Å². The lowest BCUT2D eigenvalue weighted by molar-refractivity contribution is 0.151. The van der Waals surface area contributed by atoms with E-state index in [0.29, 0.717) is 0 Å². The van der Waals surface area contributed by atoms with Gasteiger partial charge >= 0.3 is 0 Å². The predicted octanol–water partition coefficient (Wildman–Crippen LogP) is 2.59. The molecule has 0 rings (SSSR count). The van der Waals surface area contributed by atoms with Crippen molar-refractivity contribution in [2.24, 2.45) is 23.0 Å². The van der Waals surface area contributed by atoms with E-state index in [1.54, 1.807) is 0 Å². The molecule has 0 atom stereocenters. The first kappa shape index (κ1) is 14.9. The third-order valence-electron chi connectivity index (χ3n) is 2.45. The van der Waals surface area contributed by atoms with E-state index in [-0.39, 0.29) is 5.41 Å². The van der Waals surface area contributed by atoms with Gasteiger partial charge in [0, 0.05) is 19.6 Å². The van der Waals surface area contributed by atoms with E-state index < -0.39 is 0 Å². The van der Waals surface area contributed by atoms with Crippen LogP contribution in [0.2, 0.25) is 0 Å². The molecule has 0 aromatic carbocycles. The van der Waals surface area contributed by atoms with Crippen LogP contribution in [0.3, 0.4) is 0 Å². The highest BCUT2D eigenvalue weighted by Crippen LogP contribution is 2.16. The summed E-state index contributed by atoms with van der Waals surface area (Å²) in [6, 6.07) is 0. The maximum absolute atomic E-state index is 5.79. The Morgan fingerprint density at radius 1 is 1.00 bits per heavy atom. The molecule has 0 radical (unpaired) electrons. The van der Waals surface area contributed by atoms with Crippen molar-refractivity contribution >= 4 is 0 Å².